The van der Waals surface area contributed by atoms with E-state index in [9.17, 15) is 4.79 Å². The molecule has 3 nitrogen and oxygen atoms in total. The molecule has 28 heavy (non-hydrogen) atoms. The number of aromatic amines is 1. The van der Waals surface area contributed by atoms with Crippen molar-refractivity contribution in [2.45, 2.75) is 36.5 Å². The SMILES string of the molecule is CSc1ccc(C(C[C@H]2CCC(=O)C2)c2ccc(-c3ccccn3)[nH]2)cc1Cl. The number of hydrogen-bond donors (Lipinski definition) is 1. The van der Waals surface area contributed by atoms with Crippen LogP contribution in [0.25, 0.3) is 11.4 Å². The molecule has 5 heteroatoms. The summed E-state index contributed by atoms with van der Waals surface area (Å²) in [5.74, 6) is 1.00. The highest BCUT2D eigenvalue weighted by molar-refractivity contribution is 7.98. The van der Waals surface area contributed by atoms with Crippen molar-refractivity contribution in [1.82, 2.24) is 9.97 Å². The molecule has 0 amide bonds. The molecule has 3 aromatic rings. The Bertz CT molecular complexity index is 970. The lowest BCUT2D eigenvalue weighted by Crippen LogP contribution is -2.08. The lowest BCUT2D eigenvalue weighted by Gasteiger charge is -2.21. The predicted molar refractivity (Wildman–Crippen MR) is 116 cm³/mol. The number of hydrogen-bond acceptors (Lipinski definition) is 3. The number of carbonyl (C=O) groups is 1. The molecule has 0 saturated heterocycles. The second kappa shape index (κ2) is 8.54. The van der Waals surface area contributed by atoms with Crippen LogP contribution in [-0.2, 0) is 4.79 Å². The molecule has 1 unspecified atom stereocenters. The molecule has 0 radical (unpaired) electrons. The van der Waals surface area contributed by atoms with Gasteiger partial charge in [-0.05, 0) is 67.0 Å². The van der Waals surface area contributed by atoms with Gasteiger partial charge in [0.1, 0.15) is 5.78 Å². The average Bonchev–Trinajstić information content (AvgIpc) is 3.36. The number of Topliss-reactive ketones (excluding diaryl/α,β-unsaturated/α-hetero) is 1. The summed E-state index contributed by atoms with van der Waals surface area (Å²) >= 11 is 8.16. The number of benzene rings is 1. The zero-order chi connectivity index (χ0) is 19.5. The van der Waals surface area contributed by atoms with Crippen LogP contribution < -0.4 is 0 Å². The first kappa shape index (κ1) is 19.3. The highest BCUT2D eigenvalue weighted by Crippen LogP contribution is 2.39. The second-order valence-corrected chi connectivity index (χ2v) is 8.63. The van der Waals surface area contributed by atoms with E-state index in [4.69, 9.17) is 11.6 Å². The monoisotopic (exact) mass is 410 g/mol. The van der Waals surface area contributed by atoms with Gasteiger partial charge in [-0.15, -0.1) is 11.8 Å². The van der Waals surface area contributed by atoms with Gasteiger partial charge in [0.25, 0.3) is 0 Å². The molecule has 1 aliphatic carbocycles. The molecule has 1 saturated carbocycles. The lowest BCUT2D eigenvalue weighted by molar-refractivity contribution is -0.117. The van der Waals surface area contributed by atoms with Crippen molar-refractivity contribution in [3.63, 3.8) is 0 Å². The molecule has 1 fully saturated rings. The summed E-state index contributed by atoms with van der Waals surface area (Å²) in [4.78, 5) is 20.9. The Balaban J connectivity index is 1.68. The molecule has 4 rings (SSSR count). The zero-order valence-corrected chi connectivity index (χ0v) is 17.4. The minimum Gasteiger partial charge on any atom is -0.357 e. The highest BCUT2D eigenvalue weighted by atomic mass is 35.5. The summed E-state index contributed by atoms with van der Waals surface area (Å²) in [5, 5.41) is 0.786. The van der Waals surface area contributed by atoms with Crippen LogP contribution in [0, 0.1) is 5.92 Å². The van der Waals surface area contributed by atoms with Gasteiger partial charge in [0, 0.05) is 35.5 Å². The number of nitrogens with one attached hydrogen (secondary N) is 1. The van der Waals surface area contributed by atoms with E-state index in [2.05, 4.69) is 40.3 Å². The summed E-state index contributed by atoms with van der Waals surface area (Å²) < 4.78 is 0. The average molecular weight is 411 g/mol. The fourth-order valence-corrected chi connectivity index (χ4v) is 4.93. The van der Waals surface area contributed by atoms with Crippen LogP contribution in [0.5, 0.6) is 0 Å². The number of halogens is 1. The van der Waals surface area contributed by atoms with Crippen LogP contribution >= 0.6 is 23.4 Å². The third-order valence-corrected chi connectivity index (χ3v) is 6.74. The molecule has 0 aliphatic heterocycles. The normalized spacial score (nSPS) is 17.8. The third kappa shape index (κ3) is 4.18. The molecular weight excluding hydrogens is 388 g/mol. The molecule has 0 spiro atoms. The number of aromatic nitrogens is 2. The smallest absolute Gasteiger partial charge is 0.133 e. The van der Waals surface area contributed by atoms with Crippen LogP contribution in [0.2, 0.25) is 5.02 Å². The van der Waals surface area contributed by atoms with Crippen molar-refractivity contribution < 1.29 is 4.79 Å². The van der Waals surface area contributed by atoms with Gasteiger partial charge in [-0.1, -0.05) is 23.7 Å². The standard InChI is InChI=1S/C23H23ClN2OS/c1-28-23-10-6-16(14-19(23)24)18(13-15-5-7-17(27)12-15)20-8-9-22(26-20)21-4-2-3-11-25-21/h2-4,6,8-11,14-15,18,26H,5,7,12-13H2,1H3/t15-,18?/m0/s1. The van der Waals surface area contributed by atoms with Crippen LogP contribution in [0.4, 0.5) is 0 Å². The van der Waals surface area contributed by atoms with E-state index in [-0.39, 0.29) is 5.92 Å². The Labute approximate surface area is 174 Å². The summed E-state index contributed by atoms with van der Waals surface area (Å²) in [6.45, 7) is 0. The topological polar surface area (TPSA) is 45.8 Å². The fraction of sp³-hybridized carbons (Fsp3) is 0.304. The Hall–Kier alpha value is -2.04. The molecular formula is C23H23ClN2OS. The van der Waals surface area contributed by atoms with Crippen LogP contribution in [-0.4, -0.2) is 22.0 Å². The second-order valence-electron chi connectivity index (χ2n) is 7.37. The molecule has 1 N–H and O–H groups in total. The highest BCUT2D eigenvalue weighted by Gasteiger charge is 2.27. The minimum absolute atomic E-state index is 0.182. The van der Waals surface area contributed by atoms with Gasteiger partial charge in [-0.3, -0.25) is 9.78 Å². The molecule has 2 aromatic heterocycles. The maximum absolute atomic E-state index is 11.8. The number of nitrogens with zero attached hydrogens (tertiary/aromatic N) is 1. The van der Waals surface area contributed by atoms with Gasteiger partial charge in [-0.2, -0.15) is 0 Å². The largest absolute Gasteiger partial charge is 0.357 e. The Morgan fingerprint density at radius 1 is 1.25 bits per heavy atom. The summed E-state index contributed by atoms with van der Waals surface area (Å²) in [7, 11) is 0. The van der Waals surface area contributed by atoms with Crippen molar-refractivity contribution in [3.05, 3.63) is 71.0 Å². The van der Waals surface area contributed by atoms with E-state index < -0.39 is 0 Å². The van der Waals surface area contributed by atoms with Crippen LogP contribution in [0.1, 0.15) is 42.9 Å². The summed E-state index contributed by atoms with van der Waals surface area (Å²) in [6.07, 6.45) is 7.18. The van der Waals surface area contributed by atoms with E-state index in [1.807, 2.05) is 24.5 Å². The maximum atomic E-state index is 11.8. The molecule has 1 aliphatic rings. The van der Waals surface area contributed by atoms with Crippen molar-refractivity contribution in [1.29, 1.82) is 0 Å². The lowest BCUT2D eigenvalue weighted by atomic mass is 9.86. The molecule has 2 atom stereocenters. The minimum atomic E-state index is 0.182. The van der Waals surface area contributed by atoms with E-state index in [0.717, 1.165) is 39.8 Å². The first-order valence-electron chi connectivity index (χ1n) is 9.59. The first-order chi connectivity index (χ1) is 13.6. The molecule has 144 valence electrons. The summed E-state index contributed by atoms with van der Waals surface area (Å²) in [6, 6.07) is 16.5. The number of rotatable bonds is 6. The fourth-order valence-electron chi connectivity index (χ4n) is 4.05. The van der Waals surface area contributed by atoms with Crippen molar-refractivity contribution in [2.75, 3.05) is 6.26 Å². The van der Waals surface area contributed by atoms with Crippen molar-refractivity contribution in [3.8, 4) is 11.4 Å². The number of thioether (sulfide) groups is 1. The Morgan fingerprint density at radius 3 is 2.82 bits per heavy atom. The number of H-pyrrole nitrogens is 1. The third-order valence-electron chi connectivity index (χ3n) is 5.52. The quantitative estimate of drug-likeness (QED) is 0.482. The predicted octanol–water partition coefficient (Wildman–Crippen LogP) is 6.34. The Kier molecular flexibility index (Phi) is 5.88. The van der Waals surface area contributed by atoms with Gasteiger partial charge in [0.15, 0.2) is 0 Å². The van der Waals surface area contributed by atoms with E-state index in [1.54, 1.807) is 18.0 Å². The molecule has 0 bridgehead atoms. The van der Waals surface area contributed by atoms with Gasteiger partial charge < -0.3 is 4.98 Å². The molecule has 2 heterocycles. The van der Waals surface area contributed by atoms with Gasteiger partial charge in [0.2, 0.25) is 0 Å². The van der Waals surface area contributed by atoms with E-state index in [1.165, 1.54) is 5.56 Å². The van der Waals surface area contributed by atoms with Gasteiger partial charge in [0.05, 0.1) is 16.4 Å². The number of pyridine rings is 1. The van der Waals surface area contributed by atoms with E-state index in [0.29, 0.717) is 24.5 Å². The maximum Gasteiger partial charge on any atom is 0.133 e. The van der Waals surface area contributed by atoms with Crippen LogP contribution in [0.3, 0.4) is 0 Å². The van der Waals surface area contributed by atoms with Gasteiger partial charge >= 0.3 is 0 Å². The van der Waals surface area contributed by atoms with Crippen molar-refractivity contribution >= 4 is 29.1 Å². The molecule has 1 aromatic carbocycles. The number of carbonyl (C=O) groups excluding carboxylic acids is 1. The van der Waals surface area contributed by atoms with Crippen molar-refractivity contribution in [2.24, 2.45) is 5.92 Å². The first-order valence-corrected chi connectivity index (χ1v) is 11.2. The summed E-state index contributed by atoms with van der Waals surface area (Å²) in [5.41, 5.74) is 4.28. The van der Waals surface area contributed by atoms with Crippen LogP contribution in [0.15, 0.2) is 59.6 Å². The van der Waals surface area contributed by atoms with E-state index >= 15 is 0 Å². The Morgan fingerprint density at radius 2 is 2.14 bits per heavy atom. The zero-order valence-electron chi connectivity index (χ0n) is 15.8. The van der Waals surface area contributed by atoms with Gasteiger partial charge in [-0.25, -0.2) is 0 Å². The number of ketones is 1.